The second-order valence-electron chi connectivity index (χ2n) is 6.66. The highest BCUT2D eigenvalue weighted by Crippen LogP contribution is 2.31. The van der Waals surface area contributed by atoms with Gasteiger partial charge in [0.15, 0.2) is 0 Å². The van der Waals surface area contributed by atoms with E-state index in [2.05, 4.69) is 9.97 Å². The number of nitrogens with zero attached hydrogens (tertiary/aromatic N) is 2. The van der Waals surface area contributed by atoms with Gasteiger partial charge in [-0.1, -0.05) is 12.1 Å². The van der Waals surface area contributed by atoms with Crippen molar-refractivity contribution in [1.29, 1.82) is 0 Å². The maximum Gasteiger partial charge on any atom is 0.267 e. The Kier molecular flexibility index (Phi) is 5.50. The Morgan fingerprint density at radius 3 is 2.30 bits per heavy atom. The van der Waals surface area contributed by atoms with Crippen molar-refractivity contribution in [3.8, 4) is 33.9 Å². The van der Waals surface area contributed by atoms with Gasteiger partial charge in [-0.25, -0.2) is 4.98 Å². The molecule has 0 fully saturated rings. The number of rotatable bonds is 6. The first-order valence-electron chi connectivity index (χ1n) is 9.42. The van der Waals surface area contributed by atoms with Gasteiger partial charge in [-0.05, 0) is 77.4 Å². The lowest BCUT2D eigenvalue weighted by Crippen LogP contribution is -2.12. The molecule has 2 aromatic heterocycles. The molecule has 0 unspecified atom stereocenters. The number of hydrogen-bond donors (Lipinski definition) is 2. The van der Waals surface area contributed by atoms with Crippen LogP contribution in [0.5, 0.6) is 11.5 Å². The van der Waals surface area contributed by atoms with Crippen molar-refractivity contribution < 1.29 is 9.53 Å². The van der Waals surface area contributed by atoms with Gasteiger partial charge in [-0.3, -0.25) is 9.78 Å². The average Bonchev–Trinajstić information content (AvgIpc) is 2.80. The molecular weight excluding hydrogens is 376 g/mol. The first-order valence-corrected chi connectivity index (χ1v) is 9.42. The van der Waals surface area contributed by atoms with E-state index >= 15 is 0 Å². The Morgan fingerprint density at radius 1 is 0.867 bits per heavy atom. The van der Waals surface area contributed by atoms with Crippen LogP contribution in [0.25, 0.3) is 22.4 Å². The lowest BCUT2D eigenvalue weighted by molar-refractivity contribution is 0.0995. The quantitative estimate of drug-likeness (QED) is 0.509. The maximum absolute atomic E-state index is 11.3. The van der Waals surface area contributed by atoms with Crippen LogP contribution in [0.4, 0.5) is 0 Å². The van der Waals surface area contributed by atoms with E-state index in [4.69, 9.17) is 16.2 Å². The van der Waals surface area contributed by atoms with Crippen LogP contribution in [0.15, 0.2) is 85.2 Å². The summed E-state index contributed by atoms with van der Waals surface area (Å²) in [5.41, 5.74) is 16.1. The number of aromatic nitrogens is 2. The Hall–Kier alpha value is -4.03. The van der Waals surface area contributed by atoms with E-state index in [-0.39, 0.29) is 5.69 Å². The molecule has 0 spiro atoms. The summed E-state index contributed by atoms with van der Waals surface area (Å²) < 4.78 is 6.04. The highest BCUT2D eigenvalue weighted by Gasteiger charge is 2.08. The third-order valence-corrected chi connectivity index (χ3v) is 4.68. The fourth-order valence-electron chi connectivity index (χ4n) is 3.16. The summed E-state index contributed by atoms with van der Waals surface area (Å²) in [5.74, 6) is 0.842. The molecule has 6 heteroatoms. The monoisotopic (exact) mass is 396 g/mol. The van der Waals surface area contributed by atoms with E-state index in [1.54, 1.807) is 24.5 Å². The minimum atomic E-state index is -0.553. The number of carbonyl (C=O) groups is 1. The maximum atomic E-state index is 11.3. The number of benzene rings is 2. The molecule has 0 bridgehead atoms. The van der Waals surface area contributed by atoms with Crippen molar-refractivity contribution >= 4 is 5.91 Å². The van der Waals surface area contributed by atoms with Crippen molar-refractivity contribution in [2.24, 2.45) is 11.5 Å². The normalized spacial score (nSPS) is 10.6. The highest BCUT2D eigenvalue weighted by atomic mass is 16.5. The number of carbonyl (C=O) groups excluding carboxylic acids is 1. The van der Waals surface area contributed by atoms with E-state index in [0.29, 0.717) is 23.7 Å². The lowest BCUT2D eigenvalue weighted by Gasteiger charge is -2.12. The van der Waals surface area contributed by atoms with Crippen molar-refractivity contribution in [3.63, 3.8) is 0 Å². The summed E-state index contributed by atoms with van der Waals surface area (Å²) in [7, 11) is 0. The SMILES string of the molecule is NCc1ccc(Oc2ccc(-c3cccc(C(N)=O)n3)cc2)cc1-c1ccncc1. The Morgan fingerprint density at radius 2 is 1.60 bits per heavy atom. The molecule has 0 saturated heterocycles. The summed E-state index contributed by atoms with van der Waals surface area (Å²) in [6.07, 6.45) is 3.51. The van der Waals surface area contributed by atoms with Gasteiger partial charge in [0.2, 0.25) is 0 Å². The number of ether oxygens (including phenoxy) is 1. The first kappa shape index (κ1) is 19.3. The van der Waals surface area contributed by atoms with Crippen molar-refractivity contribution in [1.82, 2.24) is 9.97 Å². The molecule has 0 atom stereocenters. The summed E-state index contributed by atoms with van der Waals surface area (Å²) in [5, 5.41) is 0. The first-order chi connectivity index (χ1) is 14.6. The van der Waals surface area contributed by atoms with Crippen LogP contribution in [0, 0.1) is 0 Å². The number of primary amides is 1. The zero-order valence-electron chi connectivity index (χ0n) is 16.2. The Bertz CT molecular complexity index is 1180. The molecule has 0 saturated carbocycles. The summed E-state index contributed by atoms with van der Waals surface area (Å²) >= 11 is 0. The molecule has 0 aliphatic heterocycles. The van der Waals surface area contributed by atoms with Crippen LogP contribution in [-0.2, 0) is 6.54 Å². The summed E-state index contributed by atoms with van der Waals surface area (Å²) in [6.45, 7) is 0.435. The molecule has 6 nitrogen and oxygen atoms in total. The highest BCUT2D eigenvalue weighted by molar-refractivity contribution is 5.91. The van der Waals surface area contributed by atoms with Gasteiger partial charge in [0, 0.05) is 24.5 Å². The second-order valence-corrected chi connectivity index (χ2v) is 6.66. The third kappa shape index (κ3) is 4.19. The van der Waals surface area contributed by atoms with Crippen LogP contribution < -0.4 is 16.2 Å². The van der Waals surface area contributed by atoms with Gasteiger partial charge in [0.05, 0.1) is 5.69 Å². The van der Waals surface area contributed by atoms with Gasteiger partial charge in [0.25, 0.3) is 5.91 Å². The summed E-state index contributed by atoms with van der Waals surface area (Å²) in [6, 6.07) is 22.4. The van der Waals surface area contributed by atoms with Gasteiger partial charge >= 0.3 is 0 Å². The smallest absolute Gasteiger partial charge is 0.267 e. The minimum Gasteiger partial charge on any atom is -0.457 e. The number of hydrogen-bond acceptors (Lipinski definition) is 5. The second kappa shape index (κ2) is 8.55. The average molecular weight is 396 g/mol. The zero-order chi connectivity index (χ0) is 20.9. The molecule has 0 radical (unpaired) electrons. The lowest BCUT2D eigenvalue weighted by atomic mass is 10.0. The fourth-order valence-corrected chi connectivity index (χ4v) is 3.16. The molecule has 2 heterocycles. The summed E-state index contributed by atoms with van der Waals surface area (Å²) in [4.78, 5) is 19.7. The molecule has 30 heavy (non-hydrogen) atoms. The minimum absolute atomic E-state index is 0.233. The zero-order valence-corrected chi connectivity index (χ0v) is 16.2. The van der Waals surface area contributed by atoms with Gasteiger partial charge in [-0.15, -0.1) is 0 Å². The van der Waals surface area contributed by atoms with Crippen LogP contribution in [0.2, 0.25) is 0 Å². The molecule has 0 aliphatic rings. The number of pyridine rings is 2. The molecular formula is C24H20N4O2. The van der Waals surface area contributed by atoms with Gasteiger partial charge in [-0.2, -0.15) is 0 Å². The van der Waals surface area contributed by atoms with Crippen LogP contribution in [-0.4, -0.2) is 15.9 Å². The standard InChI is InChI=1S/C24H20N4O2/c25-15-18-6-9-20(14-21(18)16-10-12-27-13-11-16)30-19-7-4-17(5-8-19)22-2-1-3-23(28-22)24(26)29/h1-14H,15,25H2,(H2,26,29). The van der Waals surface area contributed by atoms with E-state index < -0.39 is 5.91 Å². The van der Waals surface area contributed by atoms with E-state index in [9.17, 15) is 4.79 Å². The topological polar surface area (TPSA) is 104 Å². The molecule has 2 aromatic carbocycles. The largest absolute Gasteiger partial charge is 0.457 e. The predicted molar refractivity (Wildman–Crippen MR) is 116 cm³/mol. The van der Waals surface area contributed by atoms with Crippen LogP contribution >= 0.6 is 0 Å². The fraction of sp³-hybridized carbons (Fsp3) is 0.0417. The van der Waals surface area contributed by atoms with E-state index in [1.807, 2.05) is 60.7 Å². The van der Waals surface area contributed by atoms with Crippen molar-refractivity contribution in [3.05, 3.63) is 96.4 Å². The van der Waals surface area contributed by atoms with Gasteiger partial charge < -0.3 is 16.2 Å². The number of amides is 1. The molecule has 4 aromatic rings. The van der Waals surface area contributed by atoms with Crippen LogP contribution in [0.1, 0.15) is 16.1 Å². The Balaban J connectivity index is 1.58. The predicted octanol–water partition coefficient (Wildman–Crippen LogP) is 4.16. The van der Waals surface area contributed by atoms with Gasteiger partial charge in [0.1, 0.15) is 17.2 Å². The molecule has 148 valence electrons. The molecule has 0 aliphatic carbocycles. The third-order valence-electron chi connectivity index (χ3n) is 4.68. The van der Waals surface area contributed by atoms with Crippen LogP contribution in [0.3, 0.4) is 0 Å². The molecule has 4 N–H and O–H groups in total. The van der Waals surface area contributed by atoms with E-state index in [1.165, 1.54) is 0 Å². The van der Waals surface area contributed by atoms with Crippen molar-refractivity contribution in [2.75, 3.05) is 0 Å². The van der Waals surface area contributed by atoms with Crippen molar-refractivity contribution in [2.45, 2.75) is 6.54 Å². The Labute approximate surface area is 174 Å². The van der Waals surface area contributed by atoms with E-state index in [0.717, 1.165) is 22.3 Å². The molecule has 1 amide bonds. The number of nitrogens with two attached hydrogens (primary N) is 2. The molecule has 4 rings (SSSR count).